The highest BCUT2D eigenvalue weighted by atomic mass is 19.1. The number of hydrogen-bond donors (Lipinski definition) is 1. The van der Waals surface area contributed by atoms with Crippen molar-refractivity contribution < 1.29 is 4.39 Å². The number of imidazole rings is 1. The standard InChI is InChI=1S/C12H14FN3/c13-10-4-2-6-16-8-11(15-12(10)16)9-3-1-5-14-7-9/h2,4,6,8-9,14H,1,3,5,7H2. The van der Waals surface area contributed by atoms with Crippen LogP contribution in [0.4, 0.5) is 4.39 Å². The fraction of sp³-hybridized carbons (Fsp3) is 0.417. The van der Waals surface area contributed by atoms with Gasteiger partial charge in [0.05, 0.1) is 5.69 Å². The predicted molar refractivity (Wildman–Crippen MR) is 60.0 cm³/mol. The van der Waals surface area contributed by atoms with Gasteiger partial charge in [-0.05, 0) is 31.5 Å². The quantitative estimate of drug-likeness (QED) is 0.794. The fourth-order valence-electron chi connectivity index (χ4n) is 2.30. The average Bonchev–Trinajstić information content (AvgIpc) is 2.76. The molecule has 1 fully saturated rings. The molecule has 0 aromatic carbocycles. The van der Waals surface area contributed by atoms with Gasteiger partial charge in [0.1, 0.15) is 0 Å². The van der Waals surface area contributed by atoms with E-state index in [1.54, 1.807) is 10.5 Å². The number of nitrogens with one attached hydrogen (secondary N) is 1. The van der Waals surface area contributed by atoms with Crippen LogP contribution >= 0.6 is 0 Å². The summed E-state index contributed by atoms with van der Waals surface area (Å²) in [4.78, 5) is 4.38. The Labute approximate surface area is 93.3 Å². The first kappa shape index (κ1) is 9.78. The van der Waals surface area contributed by atoms with Gasteiger partial charge in [0, 0.05) is 24.9 Å². The van der Waals surface area contributed by atoms with Gasteiger partial charge in [-0.2, -0.15) is 0 Å². The van der Waals surface area contributed by atoms with Crippen LogP contribution < -0.4 is 5.32 Å². The normalized spacial score (nSPS) is 21.4. The average molecular weight is 219 g/mol. The van der Waals surface area contributed by atoms with Crippen LogP contribution in [0.2, 0.25) is 0 Å². The summed E-state index contributed by atoms with van der Waals surface area (Å²) in [6.07, 6.45) is 6.08. The van der Waals surface area contributed by atoms with Gasteiger partial charge in [0.2, 0.25) is 0 Å². The summed E-state index contributed by atoms with van der Waals surface area (Å²) in [5.41, 5.74) is 1.43. The highest BCUT2D eigenvalue weighted by Gasteiger charge is 2.18. The lowest BCUT2D eigenvalue weighted by Gasteiger charge is -2.20. The number of pyridine rings is 1. The topological polar surface area (TPSA) is 29.3 Å². The van der Waals surface area contributed by atoms with Crippen LogP contribution in [-0.4, -0.2) is 22.5 Å². The monoisotopic (exact) mass is 219 g/mol. The Kier molecular flexibility index (Phi) is 2.36. The van der Waals surface area contributed by atoms with Crippen molar-refractivity contribution in [2.45, 2.75) is 18.8 Å². The first-order valence-electron chi connectivity index (χ1n) is 5.68. The van der Waals surface area contributed by atoms with Gasteiger partial charge in [0.15, 0.2) is 11.5 Å². The summed E-state index contributed by atoms with van der Waals surface area (Å²) in [6.45, 7) is 2.03. The smallest absolute Gasteiger partial charge is 0.173 e. The molecule has 0 saturated carbocycles. The van der Waals surface area contributed by atoms with Crippen LogP contribution in [0.3, 0.4) is 0 Å². The molecule has 84 valence electrons. The molecule has 3 heterocycles. The van der Waals surface area contributed by atoms with E-state index in [9.17, 15) is 4.39 Å². The summed E-state index contributed by atoms with van der Waals surface area (Å²) in [5.74, 6) is 0.172. The third-order valence-electron chi connectivity index (χ3n) is 3.17. The highest BCUT2D eigenvalue weighted by Crippen LogP contribution is 2.23. The number of hydrogen-bond acceptors (Lipinski definition) is 2. The van der Waals surface area contributed by atoms with Crippen LogP contribution in [0.1, 0.15) is 24.5 Å². The Bertz CT molecular complexity index is 500. The van der Waals surface area contributed by atoms with Crippen molar-refractivity contribution in [3.63, 3.8) is 0 Å². The summed E-state index contributed by atoms with van der Waals surface area (Å²) in [6, 6.07) is 3.15. The number of halogens is 1. The first-order chi connectivity index (χ1) is 7.84. The predicted octanol–water partition coefficient (Wildman–Crippen LogP) is 1.94. The molecule has 0 aliphatic carbocycles. The zero-order valence-electron chi connectivity index (χ0n) is 8.99. The molecule has 0 spiro atoms. The van der Waals surface area contributed by atoms with E-state index in [4.69, 9.17) is 0 Å². The van der Waals surface area contributed by atoms with Gasteiger partial charge >= 0.3 is 0 Å². The Morgan fingerprint density at radius 3 is 3.19 bits per heavy atom. The summed E-state index contributed by atoms with van der Waals surface area (Å²) >= 11 is 0. The zero-order valence-corrected chi connectivity index (χ0v) is 8.99. The van der Waals surface area contributed by atoms with E-state index in [1.165, 1.54) is 12.5 Å². The van der Waals surface area contributed by atoms with E-state index in [-0.39, 0.29) is 5.82 Å². The van der Waals surface area contributed by atoms with Gasteiger partial charge in [0.25, 0.3) is 0 Å². The molecule has 2 aromatic heterocycles. The molecule has 4 heteroatoms. The van der Waals surface area contributed by atoms with Crippen LogP contribution in [0.25, 0.3) is 5.65 Å². The molecule has 1 aliphatic heterocycles. The SMILES string of the molecule is Fc1cccn2cc(C3CCCNC3)nc12. The van der Waals surface area contributed by atoms with Gasteiger partial charge in [-0.1, -0.05) is 0 Å². The molecule has 3 rings (SSSR count). The van der Waals surface area contributed by atoms with E-state index < -0.39 is 0 Å². The lowest BCUT2D eigenvalue weighted by atomic mass is 9.97. The van der Waals surface area contributed by atoms with Crippen LogP contribution in [0.5, 0.6) is 0 Å². The second kappa shape index (κ2) is 3.87. The maximum atomic E-state index is 13.5. The van der Waals surface area contributed by atoms with Crippen molar-refractivity contribution in [3.05, 3.63) is 36.0 Å². The Hall–Kier alpha value is -1.42. The second-order valence-electron chi connectivity index (χ2n) is 4.30. The minimum atomic E-state index is -0.252. The van der Waals surface area contributed by atoms with Crippen molar-refractivity contribution in [2.24, 2.45) is 0 Å². The minimum Gasteiger partial charge on any atom is -0.316 e. The third kappa shape index (κ3) is 1.59. The molecule has 2 aromatic rings. The molecular weight excluding hydrogens is 205 g/mol. The summed E-state index contributed by atoms with van der Waals surface area (Å²) in [5, 5.41) is 3.35. The van der Waals surface area contributed by atoms with Gasteiger partial charge in [-0.3, -0.25) is 0 Å². The minimum absolute atomic E-state index is 0.252. The highest BCUT2D eigenvalue weighted by molar-refractivity contribution is 5.42. The molecule has 0 bridgehead atoms. The number of rotatable bonds is 1. The molecule has 3 nitrogen and oxygen atoms in total. The van der Waals surface area contributed by atoms with Crippen LogP contribution in [0.15, 0.2) is 24.5 Å². The Morgan fingerprint density at radius 2 is 2.44 bits per heavy atom. The Balaban J connectivity index is 2.01. The van der Waals surface area contributed by atoms with E-state index in [2.05, 4.69) is 10.3 Å². The van der Waals surface area contributed by atoms with Crippen LogP contribution in [0, 0.1) is 5.82 Å². The molecule has 1 atom stereocenters. The molecule has 0 radical (unpaired) electrons. The molecule has 16 heavy (non-hydrogen) atoms. The molecular formula is C12H14FN3. The molecule has 0 amide bonds. The van der Waals surface area contributed by atoms with E-state index in [0.717, 1.165) is 25.2 Å². The van der Waals surface area contributed by atoms with Crippen molar-refractivity contribution in [1.29, 1.82) is 0 Å². The molecule has 1 saturated heterocycles. The molecule has 1 N–H and O–H groups in total. The number of fused-ring (bicyclic) bond motifs is 1. The van der Waals surface area contributed by atoms with Crippen molar-refractivity contribution in [2.75, 3.05) is 13.1 Å². The van der Waals surface area contributed by atoms with E-state index in [0.29, 0.717) is 11.6 Å². The van der Waals surface area contributed by atoms with Gasteiger partial charge < -0.3 is 9.72 Å². The lowest BCUT2D eigenvalue weighted by Crippen LogP contribution is -2.28. The van der Waals surface area contributed by atoms with Crippen LogP contribution in [-0.2, 0) is 0 Å². The zero-order chi connectivity index (χ0) is 11.0. The maximum absolute atomic E-state index is 13.5. The summed E-state index contributed by atoms with van der Waals surface area (Å²) < 4.78 is 15.2. The third-order valence-corrected chi connectivity index (χ3v) is 3.17. The van der Waals surface area contributed by atoms with Gasteiger partial charge in [-0.25, -0.2) is 9.37 Å². The van der Waals surface area contributed by atoms with Crippen molar-refractivity contribution >= 4 is 5.65 Å². The Morgan fingerprint density at radius 1 is 1.50 bits per heavy atom. The molecule has 1 unspecified atom stereocenters. The molecule has 1 aliphatic rings. The first-order valence-corrected chi connectivity index (χ1v) is 5.68. The fourth-order valence-corrected chi connectivity index (χ4v) is 2.30. The number of piperidine rings is 1. The lowest BCUT2D eigenvalue weighted by molar-refractivity contribution is 0.456. The number of aromatic nitrogens is 2. The van der Waals surface area contributed by atoms with Gasteiger partial charge in [-0.15, -0.1) is 0 Å². The van der Waals surface area contributed by atoms with E-state index in [1.807, 2.05) is 12.4 Å². The van der Waals surface area contributed by atoms with Crippen molar-refractivity contribution in [1.82, 2.24) is 14.7 Å². The number of nitrogens with zero attached hydrogens (tertiary/aromatic N) is 2. The summed E-state index contributed by atoms with van der Waals surface area (Å²) in [7, 11) is 0. The largest absolute Gasteiger partial charge is 0.316 e. The second-order valence-corrected chi connectivity index (χ2v) is 4.30. The van der Waals surface area contributed by atoms with Crippen molar-refractivity contribution in [3.8, 4) is 0 Å². The maximum Gasteiger partial charge on any atom is 0.173 e. The van der Waals surface area contributed by atoms with E-state index >= 15 is 0 Å².